The summed E-state index contributed by atoms with van der Waals surface area (Å²) >= 11 is 0. The third-order valence-corrected chi connectivity index (χ3v) is 7.49. The highest BCUT2D eigenvalue weighted by Gasteiger charge is 2.48. The van der Waals surface area contributed by atoms with Crippen molar-refractivity contribution in [2.45, 2.75) is 56.5 Å². The van der Waals surface area contributed by atoms with Gasteiger partial charge in [-0.3, -0.25) is 9.52 Å². The molecule has 3 atom stereocenters. The summed E-state index contributed by atoms with van der Waals surface area (Å²) in [5.74, 6) is -0.347. The Morgan fingerprint density at radius 3 is 2.16 bits per heavy atom. The molecular weight excluding hydrogens is 445 g/mol. The number of esters is 1. The molecule has 0 amide bonds. The van der Waals surface area contributed by atoms with Crippen LogP contribution in [-0.2, 0) is 32.3 Å². The van der Waals surface area contributed by atoms with E-state index in [1.807, 2.05) is 30.3 Å². The van der Waals surface area contributed by atoms with E-state index in [2.05, 4.69) is 4.72 Å². The SMILES string of the molecule is O=C(Cc1ccccc1)OC1C[C@H]2CC[C@@H](C1)N2S(=O)(=O)Nc1ccc(C(F)(F)F)cc1. The number of carbonyl (C=O) groups is 1. The Morgan fingerprint density at radius 1 is 1.00 bits per heavy atom. The molecule has 2 aromatic rings. The van der Waals surface area contributed by atoms with Crippen LogP contribution in [0, 0.1) is 0 Å². The maximum Gasteiger partial charge on any atom is 0.416 e. The third kappa shape index (κ3) is 5.07. The summed E-state index contributed by atoms with van der Waals surface area (Å²) in [5.41, 5.74) is 0.0636. The molecule has 10 heteroatoms. The van der Waals surface area contributed by atoms with Crippen LogP contribution in [0.15, 0.2) is 54.6 Å². The molecule has 0 saturated carbocycles. The van der Waals surface area contributed by atoms with Crippen LogP contribution in [-0.4, -0.2) is 36.9 Å². The molecule has 1 unspecified atom stereocenters. The number of nitrogens with one attached hydrogen (secondary N) is 1. The fraction of sp³-hybridized carbons (Fsp3) is 0.409. The minimum Gasteiger partial charge on any atom is -0.462 e. The molecule has 2 bridgehead atoms. The van der Waals surface area contributed by atoms with Crippen LogP contribution in [0.25, 0.3) is 0 Å². The highest BCUT2D eigenvalue weighted by Crippen LogP contribution is 2.39. The lowest BCUT2D eigenvalue weighted by Gasteiger charge is -2.37. The molecule has 6 nitrogen and oxygen atoms in total. The maximum absolute atomic E-state index is 13.0. The number of ether oxygens (including phenoxy) is 1. The first-order valence-electron chi connectivity index (χ1n) is 10.3. The van der Waals surface area contributed by atoms with Gasteiger partial charge in [0.1, 0.15) is 6.10 Å². The van der Waals surface area contributed by atoms with Gasteiger partial charge in [-0.05, 0) is 42.7 Å². The van der Waals surface area contributed by atoms with Crippen molar-refractivity contribution in [3.05, 3.63) is 65.7 Å². The van der Waals surface area contributed by atoms with Gasteiger partial charge in [0.05, 0.1) is 12.0 Å². The second-order valence-electron chi connectivity index (χ2n) is 8.14. The zero-order chi connectivity index (χ0) is 22.9. The number of alkyl halides is 3. The van der Waals surface area contributed by atoms with Crippen LogP contribution >= 0.6 is 0 Å². The van der Waals surface area contributed by atoms with Gasteiger partial charge in [0.25, 0.3) is 0 Å². The highest BCUT2D eigenvalue weighted by molar-refractivity contribution is 7.90. The average molecular weight is 468 g/mol. The lowest BCUT2D eigenvalue weighted by atomic mass is 10.0. The summed E-state index contributed by atoms with van der Waals surface area (Å²) in [6.07, 6.45) is -2.62. The van der Waals surface area contributed by atoms with E-state index in [9.17, 15) is 26.4 Å². The minimum absolute atomic E-state index is 0.0637. The van der Waals surface area contributed by atoms with E-state index in [0.717, 1.165) is 29.8 Å². The molecule has 2 aliphatic rings. The van der Waals surface area contributed by atoms with Gasteiger partial charge < -0.3 is 4.74 Å². The number of piperidine rings is 1. The molecule has 0 spiro atoms. The molecule has 2 aliphatic heterocycles. The summed E-state index contributed by atoms with van der Waals surface area (Å²) in [6.45, 7) is 0. The van der Waals surface area contributed by atoms with E-state index in [4.69, 9.17) is 4.74 Å². The molecule has 2 saturated heterocycles. The number of halogens is 3. The molecule has 32 heavy (non-hydrogen) atoms. The molecule has 172 valence electrons. The van der Waals surface area contributed by atoms with Gasteiger partial charge in [-0.1, -0.05) is 30.3 Å². The zero-order valence-electron chi connectivity index (χ0n) is 17.1. The summed E-state index contributed by atoms with van der Waals surface area (Å²) in [6, 6.07) is 12.5. The van der Waals surface area contributed by atoms with Gasteiger partial charge >= 0.3 is 22.4 Å². The Bertz CT molecular complexity index is 1040. The fourth-order valence-electron chi connectivity index (χ4n) is 4.49. The van der Waals surface area contributed by atoms with Crippen molar-refractivity contribution in [1.82, 2.24) is 4.31 Å². The minimum atomic E-state index is -4.49. The Morgan fingerprint density at radius 2 is 1.59 bits per heavy atom. The van der Waals surface area contributed by atoms with Crippen LogP contribution in [0.1, 0.15) is 36.8 Å². The van der Waals surface area contributed by atoms with Crippen molar-refractivity contribution in [2.24, 2.45) is 0 Å². The second-order valence-corrected chi connectivity index (χ2v) is 9.72. The van der Waals surface area contributed by atoms with Crippen LogP contribution in [0.5, 0.6) is 0 Å². The first-order chi connectivity index (χ1) is 15.1. The Kier molecular flexibility index (Phi) is 6.17. The van der Waals surface area contributed by atoms with Crippen LogP contribution < -0.4 is 4.72 Å². The number of anilines is 1. The lowest BCUT2D eigenvalue weighted by molar-refractivity contribution is -0.150. The van der Waals surface area contributed by atoms with Crippen LogP contribution in [0.2, 0.25) is 0 Å². The quantitative estimate of drug-likeness (QED) is 0.647. The van der Waals surface area contributed by atoms with E-state index in [1.165, 1.54) is 4.31 Å². The number of nitrogens with zero attached hydrogens (tertiary/aromatic N) is 1. The van der Waals surface area contributed by atoms with Gasteiger partial charge in [0, 0.05) is 30.6 Å². The largest absolute Gasteiger partial charge is 0.462 e. The number of hydrogen-bond donors (Lipinski definition) is 1. The molecule has 0 aromatic heterocycles. The molecule has 2 fully saturated rings. The second kappa shape index (κ2) is 8.74. The Hall–Kier alpha value is -2.59. The van der Waals surface area contributed by atoms with Crippen molar-refractivity contribution in [2.75, 3.05) is 4.72 Å². The van der Waals surface area contributed by atoms with Crippen molar-refractivity contribution < 1.29 is 31.1 Å². The van der Waals surface area contributed by atoms with Crippen molar-refractivity contribution >= 4 is 21.9 Å². The average Bonchev–Trinajstić information content (AvgIpc) is 3.00. The van der Waals surface area contributed by atoms with E-state index in [0.29, 0.717) is 25.7 Å². The topological polar surface area (TPSA) is 75.7 Å². The van der Waals surface area contributed by atoms with E-state index in [-0.39, 0.29) is 36.3 Å². The molecule has 0 radical (unpaired) electrons. The normalized spacial score (nSPS) is 23.7. The standard InChI is InChI=1S/C22H23F3N2O4S/c23-22(24,25)16-6-8-17(9-7-16)26-32(29,30)27-18-10-11-19(27)14-20(13-18)31-21(28)12-15-4-2-1-3-5-15/h1-9,18-20,26H,10-14H2/t18-,19+,20?. The van der Waals surface area contributed by atoms with Crippen LogP contribution in [0.4, 0.5) is 18.9 Å². The van der Waals surface area contributed by atoms with Gasteiger partial charge in [-0.15, -0.1) is 0 Å². The highest BCUT2D eigenvalue weighted by atomic mass is 32.2. The Balaban J connectivity index is 1.38. The summed E-state index contributed by atoms with van der Waals surface area (Å²) in [4.78, 5) is 12.3. The van der Waals surface area contributed by atoms with Gasteiger partial charge in [-0.25, -0.2) is 0 Å². The van der Waals surface area contributed by atoms with Crippen molar-refractivity contribution in [3.8, 4) is 0 Å². The van der Waals surface area contributed by atoms with Gasteiger partial charge in [0.2, 0.25) is 0 Å². The predicted molar refractivity (Wildman–Crippen MR) is 112 cm³/mol. The number of carbonyl (C=O) groups excluding carboxylic acids is 1. The number of benzene rings is 2. The molecule has 4 rings (SSSR count). The van der Waals surface area contributed by atoms with E-state index >= 15 is 0 Å². The van der Waals surface area contributed by atoms with Gasteiger partial charge in [0.15, 0.2) is 0 Å². The first kappa shape index (κ1) is 22.6. The molecule has 2 heterocycles. The smallest absolute Gasteiger partial charge is 0.416 e. The predicted octanol–water partition coefficient (Wildman–Crippen LogP) is 4.14. The van der Waals surface area contributed by atoms with Crippen molar-refractivity contribution in [3.63, 3.8) is 0 Å². The number of hydrogen-bond acceptors (Lipinski definition) is 4. The number of fused-ring (bicyclic) bond motifs is 2. The fourth-order valence-corrected chi connectivity index (χ4v) is 6.20. The lowest BCUT2D eigenvalue weighted by Crippen LogP contribution is -2.50. The molecule has 2 aromatic carbocycles. The molecule has 0 aliphatic carbocycles. The summed E-state index contributed by atoms with van der Waals surface area (Å²) < 4.78 is 73.5. The molecular formula is C22H23F3N2O4S. The first-order valence-corrected chi connectivity index (χ1v) is 11.8. The zero-order valence-corrected chi connectivity index (χ0v) is 17.9. The van der Waals surface area contributed by atoms with E-state index in [1.54, 1.807) is 0 Å². The van der Waals surface area contributed by atoms with Crippen LogP contribution in [0.3, 0.4) is 0 Å². The van der Waals surface area contributed by atoms with Gasteiger partial charge in [-0.2, -0.15) is 25.9 Å². The van der Waals surface area contributed by atoms with E-state index < -0.39 is 21.9 Å². The summed E-state index contributed by atoms with van der Waals surface area (Å²) in [5, 5.41) is 0. The van der Waals surface area contributed by atoms with Crippen molar-refractivity contribution in [1.29, 1.82) is 0 Å². The molecule has 1 N–H and O–H groups in total. The monoisotopic (exact) mass is 468 g/mol. The third-order valence-electron chi connectivity index (χ3n) is 5.85. The maximum atomic E-state index is 13.0. The summed E-state index contributed by atoms with van der Waals surface area (Å²) in [7, 11) is -3.96. The Labute approximate surface area is 184 Å². The number of rotatable bonds is 6.